The fourth-order valence-corrected chi connectivity index (χ4v) is 5.04. The van der Waals surface area contributed by atoms with Crippen molar-refractivity contribution in [3.05, 3.63) is 132 Å². The van der Waals surface area contributed by atoms with Crippen LogP contribution in [0.25, 0.3) is 54.6 Å². The highest BCUT2D eigenvalue weighted by Crippen LogP contribution is 2.39. The minimum atomic E-state index is -4.44. The van der Waals surface area contributed by atoms with E-state index in [1.165, 1.54) is 24.3 Å². The normalized spacial score (nSPS) is 12.1. The monoisotopic (exact) mass is 556 g/mol. The van der Waals surface area contributed by atoms with Crippen molar-refractivity contribution >= 4 is 27.5 Å². The zero-order valence-electron chi connectivity index (χ0n) is 21.1. The van der Waals surface area contributed by atoms with Gasteiger partial charge in [-0.3, -0.25) is 0 Å². The van der Waals surface area contributed by atoms with Gasteiger partial charge in [-0.05, 0) is 82.9 Å². The molecule has 8 heteroatoms. The van der Waals surface area contributed by atoms with Gasteiger partial charge in [-0.25, -0.2) is 4.85 Å². The quantitative estimate of drug-likeness (QED) is 0.152. The number of halogens is 6. The number of fused-ring (bicyclic) bond motifs is 3. The maximum absolute atomic E-state index is 13.1. The number of benzene rings is 5. The maximum Gasteiger partial charge on any atom is 0.416 e. The molecule has 0 amide bonds. The third kappa shape index (κ3) is 4.80. The Kier molecular flexibility index (Phi) is 6.11. The summed E-state index contributed by atoms with van der Waals surface area (Å²) in [6.07, 6.45) is -8.87. The van der Waals surface area contributed by atoms with Gasteiger partial charge in [0.05, 0.1) is 28.7 Å². The van der Waals surface area contributed by atoms with E-state index >= 15 is 0 Å². The largest absolute Gasteiger partial charge is 0.416 e. The molecule has 0 aliphatic rings. The second kappa shape index (κ2) is 9.56. The van der Waals surface area contributed by atoms with Crippen molar-refractivity contribution in [2.24, 2.45) is 0 Å². The Morgan fingerprint density at radius 3 is 1.24 bits per heavy atom. The van der Waals surface area contributed by atoms with Gasteiger partial charge >= 0.3 is 12.4 Å². The summed E-state index contributed by atoms with van der Waals surface area (Å²) in [5, 5.41) is 1.64. The Bertz CT molecular complexity index is 1820. The molecule has 0 N–H and O–H groups in total. The van der Waals surface area contributed by atoms with Crippen LogP contribution in [-0.2, 0) is 12.4 Å². The molecule has 6 rings (SSSR count). The van der Waals surface area contributed by atoms with Crippen molar-refractivity contribution in [3.8, 4) is 27.9 Å². The van der Waals surface area contributed by atoms with E-state index in [0.717, 1.165) is 51.8 Å². The van der Waals surface area contributed by atoms with Crippen LogP contribution in [-0.4, -0.2) is 4.57 Å². The summed E-state index contributed by atoms with van der Waals surface area (Å²) in [6.45, 7) is 7.25. The van der Waals surface area contributed by atoms with Crippen molar-refractivity contribution in [1.29, 1.82) is 0 Å². The lowest BCUT2D eigenvalue weighted by atomic mass is 9.99. The van der Waals surface area contributed by atoms with E-state index in [2.05, 4.69) is 4.85 Å². The highest BCUT2D eigenvalue weighted by atomic mass is 19.4. The van der Waals surface area contributed by atoms with E-state index in [9.17, 15) is 26.3 Å². The number of hydrogen-bond acceptors (Lipinski definition) is 0. The second-order valence-corrected chi connectivity index (χ2v) is 9.58. The van der Waals surface area contributed by atoms with Crippen LogP contribution < -0.4 is 0 Å². The third-order valence-electron chi connectivity index (χ3n) is 7.09. The van der Waals surface area contributed by atoms with E-state index in [0.29, 0.717) is 27.9 Å². The topological polar surface area (TPSA) is 9.29 Å². The van der Waals surface area contributed by atoms with Gasteiger partial charge in [0.25, 0.3) is 0 Å². The first-order chi connectivity index (χ1) is 19.5. The van der Waals surface area contributed by atoms with Crippen LogP contribution in [0.15, 0.2) is 109 Å². The van der Waals surface area contributed by atoms with Gasteiger partial charge < -0.3 is 4.57 Å². The Balaban J connectivity index is 1.54. The highest BCUT2D eigenvalue weighted by Gasteiger charge is 2.31. The molecule has 1 heterocycles. The highest BCUT2D eigenvalue weighted by molar-refractivity contribution is 6.11. The van der Waals surface area contributed by atoms with Crippen LogP contribution in [0.2, 0.25) is 0 Å². The predicted octanol–water partition coefficient (Wildman–Crippen LogP) is 10.7. The second-order valence-electron chi connectivity index (χ2n) is 9.58. The summed E-state index contributed by atoms with van der Waals surface area (Å²) < 4.78 is 80.6. The lowest BCUT2D eigenvalue weighted by Crippen LogP contribution is -2.03. The summed E-state index contributed by atoms with van der Waals surface area (Å²) >= 11 is 0. The Morgan fingerprint density at radius 1 is 0.488 bits per heavy atom. The fourth-order valence-electron chi connectivity index (χ4n) is 5.04. The van der Waals surface area contributed by atoms with Gasteiger partial charge in [0.1, 0.15) is 0 Å². The van der Waals surface area contributed by atoms with Crippen molar-refractivity contribution in [3.63, 3.8) is 0 Å². The Hall–Kier alpha value is -5.03. The SMILES string of the molecule is [C-]#[N+]c1ccc(-n2c3ccc(-c4ccc(C(F)(F)F)cc4)cc3c3cc(-c4ccc(C(F)(F)F)cc4)ccc32)cc1. The molecule has 0 spiro atoms. The molecule has 0 unspecified atom stereocenters. The van der Waals surface area contributed by atoms with Gasteiger partial charge in [-0.15, -0.1) is 0 Å². The zero-order valence-corrected chi connectivity index (χ0v) is 21.1. The van der Waals surface area contributed by atoms with E-state index in [1.54, 1.807) is 12.1 Å². The van der Waals surface area contributed by atoms with Crippen LogP contribution in [0.3, 0.4) is 0 Å². The predicted molar refractivity (Wildman–Crippen MR) is 148 cm³/mol. The Labute approximate surface area is 230 Å². The van der Waals surface area contributed by atoms with Gasteiger partial charge in [0.2, 0.25) is 0 Å². The smallest absolute Gasteiger partial charge is 0.309 e. The molecule has 5 aromatic carbocycles. The summed E-state index contributed by atoms with van der Waals surface area (Å²) in [7, 11) is 0. The van der Waals surface area contributed by atoms with Gasteiger partial charge in [-0.2, -0.15) is 26.3 Å². The van der Waals surface area contributed by atoms with E-state index in [1.807, 2.05) is 53.1 Å². The lowest BCUT2D eigenvalue weighted by Gasteiger charge is -2.10. The van der Waals surface area contributed by atoms with Crippen LogP contribution in [0.4, 0.5) is 32.0 Å². The first kappa shape index (κ1) is 26.2. The lowest BCUT2D eigenvalue weighted by molar-refractivity contribution is -0.138. The van der Waals surface area contributed by atoms with Crippen molar-refractivity contribution in [1.82, 2.24) is 4.57 Å². The molecule has 0 radical (unpaired) electrons. The molecule has 41 heavy (non-hydrogen) atoms. The first-order valence-electron chi connectivity index (χ1n) is 12.4. The molecule has 0 bridgehead atoms. The van der Waals surface area contributed by atoms with Gasteiger partial charge in [-0.1, -0.05) is 48.5 Å². The molecular formula is C33H18F6N2. The first-order valence-corrected chi connectivity index (χ1v) is 12.4. The van der Waals surface area contributed by atoms with E-state index in [4.69, 9.17) is 6.57 Å². The summed E-state index contributed by atoms with van der Waals surface area (Å²) in [5.74, 6) is 0. The van der Waals surface area contributed by atoms with Crippen LogP contribution in [0, 0.1) is 6.57 Å². The molecule has 1 aromatic heterocycles. The number of aromatic nitrogens is 1. The number of hydrogen-bond donors (Lipinski definition) is 0. The van der Waals surface area contributed by atoms with E-state index in [-0.39, 0.29) is 0 Å². The average Bonchev–Trinajstić information content (AvgIpc) is 3.29. The molecule has 0 saturated carbocycles. The maximum atomic E-state index is 13.1. The van der Waals surface area contributed by atoms with Crippen LogP contribution in [0.5, 0.6) is 0 Å². The minimum absolute atomic E-state index is 0.490. The molecule has 0 aliphatic heterocycles. The molecule has 202 valence electrons. The number of alkyl halides is 6. The standard InChI is InChI=1S/C33H18F6N2/c1-40-26-12-14-27(15-13-26)41-30-16-6-22(20-2-8-24(9-3-20)32(34,35)36)18-28(30)29-19-23(7-17-31(29)41)21-4-10-25(11-5-21)33(37,38)39/h2-19H. The summed E-state index contributed by atoms with van der Waals surface area (Å²) in [4.78, 5) is 3.45. The third-order valence-corrected chi connectivity index (χ3v) is 7.09. The molecule has 2 nitrogen and oxygen atoms in total. The molecule has 0 atom stereocenters. The molecule has 0 aliphatic carbocycles. The van der Waals surface area contributed by atoms with Gasteiger partial charge in [0, 0.05) is 16.5 Å². The Morgan fingerprint density at radius 2 is 0.878 bits per heavy atom. The summed E-state index contributed by atoms with van der Waals surface area (Å²) in [6, 6.07) is 28.3. The number of rotatable bonds is 3. The minimum Gasteiger partial charge on any atom is -0.309 e. The van der Waals surface area contributed by atoms with E-state index < -0.39 is 23.5 Å². The van der Waals surface area contributed by atoms with Crippen molar-refractivity contribution in [2.75, 3.05) is 0 Å². The zero-order chi connectivity index (χ0) is 28.9. The van der Waals surface area contributed by atoms with Gasteiger partial charge in [0.15, 0.2) is 5.69 Å². The molecule has 0 saturated heterocycles. The average molecular weight is 557 g/mol. The van der Waals surface area contributed by atoms with Crippen molar-refractivity contribution in [2.45, 2.75) is 12.4 Å². The number of nitrogens with zero attached hydrogens (tertiary/aromatic N) is 2. The fraction of sp³-hybridized carbons (Fsp3) is 0.0606. The molecule has 6 aromatic rings. The van der Waals surface area contributed by atoms with Crippen LogP contribution in [0.1, 0.15) is 11.1 Å². The van der Waals surface area contributed by atoms with Crippen molar-refractivity contribution < 1.29 is 26.3 Å². The molecule has 0 fully saturated rings. The van der Waals surface area contributed by atoms with Crippen LogP contribution >= 0.6 is 0 Å². The summed E-state index contributed by atoms with van der Waals surface area (Å²) in [5.41, 5.74) is 4.15. The molecular weight excluding hydrogens is 538 g/mol.